The van der Waals surface area contributed by atoms with E-state index in [2.05, 4.69) is 42.7 Å². The third-order valence-corrected chi connectivity index (χ3v) is 3.48. The van der Waals surface area contributed by atoms with Gasteiger partial charge in [0.2, 0.25) is 0 Å². The number of urea groups is 1. The zero-order valence-corrected chi connectivity index (χ0v) is 12.7. The summed E-state index contributed by atoms with van der Waals surface area (Å²) in [5.74, 6) is 0. The highest BCUT2D eigenvalue weighted by atomic mass is 16.3. The molecule has 20 heavy (non-hydrogen) atoms. The van der Waals surface area contributed by atoms with Crippen LogP contribution in [0.5, 0.6) is 0 Å². The van der Waals surface area contributed by atoms with Gasteiger partial charge in [-0.3, -0.25) is 0 Å². The van der Waals surface area contributed by atoms with E-state index in [0.29, 0.717) is 13.0 Å². The molecular formula is C16H26N2O2. The van der Waals surface area contributed by atoms with Gasteiger partial charge >= 0.3 is 6.03 Å². The summed E-state index contributed by atoms with van der Waals surface area (Å²) in [6.45, 7) is 6.88. The Hall–Kier alpha value is -1.55. The van der Waals surface area contributed by atoms with Crippen molar-refractivity contribution in [2.45, 2.75) is 46.1 Å². The van der Waals surface area contributed by atoms with Gasteiger partial charge in [-0.1, -0.05) is 30.7 Å². The molecule has 1 rings (SSSR count). The van der Waals surface area contributed by atoms with E-state index in [0.717, 1.165) is 12.8 Å². The monoisotopic (exact) mass is 278 g/mol. The molecule has 0 bridgehead atoms. The number of rotatable bonds is 7. The van der Waals surface area contributed by atoms with E-state index in [-0.39, 0.29) is 18.7 Å². The van der Waals surface area contributed by atoms with E-state index in [1.54, 1.807) is 0 Å². The van der Waals surface area contributed by atoms with Gasteiger partial charge < -0.3 is 15.7 Å². The lowest BCUT2D eigenvalue weighted by atomic mass is 10.0. The lowest BCUT2D eigenvalue weighted by Gasteiger charge is -2.16. The van der Waals surface area contributed by atoms with Crippen LogP contribution in [0.25, 0.3) is 0 Å². The number of hydrogen-bond donors (Lipinski definition) is 3. The molecule has 0 spiro atoms. The quantitative estimate of drug-likeness (QED) is 0.716. The Bertz CT molecular complexity index is 432. The molecule has 0 aliphatic carbocycles. The topological polar surface area (TPSA) is 61.4 Å². The Morgan fingerprint density at radius 1 is 1.35 bits per heavy atom. The van der Waals surface area contributed by atoms with Crippen LogP contribution >= 0.6 is 0 Å². The van der Waals surface area contributed by atoms with Gasteiger partial charge in [0, 0.05) is 19.2 Å². The summed E-state index contributed by atoms with van der Waals surface area (Å²) in [7, 11) is 0. The molecule has 112 valence electrons. The van der Waals surface area contributed by atoms with E-state index < -0.39 is 0 Å². The third kappa shape index (κ3) is 5.61. The fourth-order valence-corrected chi connectivity index (χ4v) is 2.21. The molecular weight excluding hydrogens is 252 g/mol. The van der Waals surface area contributed by atoms with Crippen molar-refractivity contribution >= 4 is 6.03 Å². The summed E-state index contributed by atoms with van der Waals surface area (Å²) in [5, 5.41) is 14.6. The van der Waals surface area contributed by atoms with Gasteiger partial charge in [0.1, 0.15) is 0 Å². The molecule has 0 aliphatic rings. The molecule has 1 aromatic carbocycles. The average Bonchev–Trinajstić information content (AvgIpc) is 2.40. The second-order valence-electron chi connectivity index (χ2n) is 5.20. The maximum absolute atomic E-state index is 11.7. The van der Waals surface area contributed by atoms with Gasteiger partial charge in [-0.25, -0.2) is 4.79 Å². The molecule has 4 heteroatoms. The Labute approximate surface area is 121 Å². The molecule has 0 fully saturated rings. The molecule has 4 nitrogen and oxygen atoms in total. The lowest BCUT2D eigenvalue weighted by Crippen LogP contribution is -2.42. The minimum Gasteiger partial charge on any atom is -0.396 e. The number of carbonyl (C=O) groups excluding carboxylic acids is 1. The van der Waals surface area contributed by atoms with Gasteiger partial charge in [0.05, 0.1) is 0 Å². The van der Waals surface area contributed by atoms with Crippen molar-refractivity contribution < 1.29 is 9.90 Å². The number of aliphatic hydroxyl groups is 1. The second-order valence-corrected chi connectivity index (χ2v) is 5.20. The van der Waals surface area contributed by atoms with E-state index >= 15 is 0 Å². The summed E-state index contributed by atoms with van der Waals surface area (Å²) < 4.78 is 0. The highest BCUT2D eigenvalue weighted by Gasteiger charge is 2.09. The summed E-state index contributed by atoms with van der Waals surface area (Å²) in [6, 6.07) is 6.25. The summed E-state index contributed by atoms with van der Waals surface area (Å²) in [4.78, 5) is 11.7. The van der Waals surface area contributed by atoms with Gasteiger partial charge in [-0.15, -0.1) is 0 Å². The number of amides is 2. The van der Waals surface area contributed by atoms with Crippen LogP contribution in [0.15, 0.2) is 18.2 Å². The first-order valence-electron chi connectivity index (χ1n) is 7.28. The Kier molecular flexibility index (Phi) is 7.09. The number of hydrogen-bond acceptors (Lipinski definition) is 2. The number of benzene rings is 1. The minimum absolute atomic E-state index is 0.0427. The van der Waals surface area contributed by atoms with E-state index in [4.69, 9.17) is 5.11 Å². The summed E-state index contributed by atoms with van der Waals surface area (Å²) in [5.41, 5.74) is 3.78. The first-order valence-corrected chi connectivity index (χ1v) is 7.28. The Morgan fingerprint density at radius 3 is 2.70 bits per heavy atom. The smallest absolute Gasteiger partial charge is 0.315 e. The highest BCUT2D eigenvalue weighted by Crippen LogP contribution is 2.10. The average molecular weight is 278 g/mol. The van der Waals surface area contributed by atoms with Crippen molar-refractivity contribution in [3.63, 3.8) is 0 Å². The van der Waals surface area contributed by atoms with Crippen LogP contribution in [0.2, 0.25) is 0 Å². The lowest BCUT2D eigenvalue weighted by molar-refractivity contribution is 0.228. The SMILES string of the molecule is CCC(CCO)NC(=O)NCCc1ccc(C)cc1C. The first-order chi connectivity index (χ1) is 9.56. The molecule has 0 saturated carbocycles. The van der Waals surface area contributed by atoms with Crippen molar-refractivity contribution in [3.8, 4) is 0 Å². The molecule has 3 N–H and O–H groups in total. The maximum atomic E-state index is 11.7. The molecule has 1 unspecified atom stereocenters. The fourth-order valence-electron chi connectivity index (χ4n) is 2.21. The zero-order valence-electron chi connectivity index (χ0n) is 12.7. The van der Waals surface area contributed by atoms with Gasteiger partial charge in [-0.2, -0.15) is 0 Å². The van der Waals surface area contributed by atoms with Crippen LogP contribution in [0.3, 0.4) is 0 Å². The van der Waals surface area contributed by atoms with Crippen molar-refractivity contribution in [2.75, 3.05) is 13.2 Å². The van der Waals surface area contributed by atoms with Crippen LogP contribution in [-0.4, -0.2) is 30.3 Å². The predicted octanol–water partition coefficient (Wildman–Crippen LogP) is 2.31. The Morgan fingerprint density at radius 2 is 2.10 bits per heavy atom. The van der Waals surface area contributed by atoms with Crippen LogP contribution in [-0.2, 0) is 6.42 Å². The molecule has 0 radical (unpaired) electrons. The highest BCUT2D eigenvalue weighted by molar-refractivity contribution is 5.74. The van der Waals surface area contributed by atoms with Crippen molar-refractivity contribution in [1.82, 2.24) is 10.6 Å². The normalized spacial score (nSPS) is 12.0. The van der Waals surface area contributed by atoms with E-state index in [1.807, 2.05) is 6.92 Å². The number of aliphatic hydroxyl groups excluding tert-OH is 1. The van der Waals surface area contributed by atoms with Gasteiger partial charge in [0.15, 0.2) is 0 Å². The zero-order chi connectivity index (χ0) is 15.0. The molecule has 0 aliphatic heterocycles. The largest absolute Gasteiger partial charge is 0.396 e. The molecule has 1 atom stereocenters. The molecule has 1 aromatic rings. The number of aryl methyl sites for hydroxylation is 2. The van der Waals surface area contributed by atoms with Crippen molar-refractivity contribution in [2.24, 2.45) is 0 Å². The third-order valence-electron chi connectivity index (χ3n) is 3.48. The summed E-state index contributed by atoms with van der Waals surface area (Å²) in [6.07, 6.45) is 2.25. The van der Waals surface area contributed by atoms with Crippen LogP contribution in [0.1, 0.15) is 36.5 Å². The molecule has 0 aromatic heterocycles. The standard InChI is InChI=1S/C16H26N2O2/c1-4-15(8-10-19)18-16(20)17-9-7-14-6-5-12(2)11-13(14)3/h5-6,11,15,19H,4,7-10H2,1-3H3,(H2,17,18,20). The summed E-state index contributed by atoms with van der Waals surface area (Å²) >= 11 is 0. The first kappa shape index (κ1) is 16.5. The molecule has 0 saturated heterocycles. The minimum atomic E-state index is -0.157. The molecule has 0 heterocycles. The second kappa shape index (κ2) is 8.59. The number of carbonyl (C=O) groups is 1. The van der Waals surface area contributed by atoms with Crippen LogP contribution in [0, 0.1) is 13.8 Å². The maximum Gasteiger partial charge on any atom is 0.315 e. The Balaban J connectivity index is 2.34. The van der Waals surface area contributed by atoms with Crippen molar-refractivity contribution in [3.05, 3.63) is 34.9 Å². The predicted molar refractivity (Wildman–Crippen MR) is 81.9 cm³/mol. The van der Waals surface area contributed by atoms with Crippen LogP contribution in [0.4, 0.5) is 4.79 Å². The van der Waals surface area contributed by atoms with Crippen LogP contribution < -0.4 is 10.6 Å². The molecule has 2 amide bonds. The van der Waals surface area contributed by atoms with Crippen molar-refractivity contribution in [1.29, 1.82) is 0 Å². The van der Waals surface area contributed by atoms with E-state index in [9.17, 15) is 4.79 Å². The van der Waals surface area contributed by atoms with Gasteiger partial charge in [-0.05, 0) is 44.2 Å². The fraction of sp³-hybridized carbons (Fsp3) is 0.562. The number of nitrogens with one attached hydrogen (secondary N) is 2. The van der Waals surface area contributed by atoms with E-state index in [1.165, 1.54) is 16.7 Å². The van der Waals surface area contributed by atoms with Gasteiger partial charge in [0.25, 0.3) is 0 Å².